The second-order valence-corrected chi connectivity index (χ2v) is 7.04. The summed E-state index contributed by atoms with van der Waals surface area (Å²) in [5.41, 5.74) is -0.932. The largest absolute Gasteiger partial charge is 0.354 e. The third kappa shape index (κ3) is 4.46. The molecule has 1 aromatic carbocycles. The van der Waals surface area contributed by atoms with Crippen LogP contribution in [0.25, 0.3) is 0 Å². The first-order chi connectivity index (χ1) is 12.5. The number of amides is 4. The summed E-state index contributed by atoms with van der Waals surface area (Å²) in [5.74, 6) is -2.18. The van der Waals surface area contributed by atoms with Crippen LogP contribution in [0.2, 0.25) is 0 Å². The van der Waals surface area contributed by atoms with Gasteiger partial charge in [-0.3, -0.25) is 34.2 Å². The van der Waals surface area contributed by atoms with Crippen molar-refractivity contribution in [1.82, 2.24) is 15.5 Å². The molecule has 144 valence electrons. The van der Waals surface area contributed by atoms with Crippen LogP contribution in [0.4, 0.5) is 5.69 Å². The molecule has 0 aliphatic carbocycles. The summed E-state index contributed by atoms with van der Waals surface area (Å²) in [6, 6.07) is 3.36. The van der Waals surface area contributed by atoms with E-state index in [4.69, 9.17) is 0 Å². The molecule has 0 saturated heterocycles. The summed E-state index contributed by atoms with van der Waals surface area (Å²) < 4.78 is 0. The fourth-order valence-corrected chi connectivity index (χ4v) is 2.38. The molecule has 2 N–H and O–H groups in total. The standard InChI is InChI=1S/C17H20N4O6/c1-17(2,3)16(25)19-7-6-18-13(22)9-20-14(23)11-5-4-10(21(26)27)8-12(11)15(20)24/h4-5,8H,6-7,9H2,1-3H3,(H,18,22)(H,19,25). The first-order valence-corrected chi connectivity index (χ1v) is 8.22. The Kier molecular flexibility index (Phi) is 5.58. The van der Waals surface area contributed by atoms with Gasteiger partial charge in [-0.2, -0.15) is 0 Å². The summed E-state index contributed by atoms with van der Waals surface area (Å²) in [4.78, 5) is 59.1. The number of nitro groups is 1. The molecule has 27 heavy (non-hydrogen) atoms. The van der Waals surface area contributed by atoms with Gasteiger partial charge in [-0.05, 0) is 6.07 Å². The molecule has 0 atom stereocenters. The van der Waals surface area contributed by atoms with Crippen LogP contribution in [-0.2, 0) is 9.59 Å². The molecule has 1 aliphatic rings. The van der Waals surface area contributed by atoms with Gasteiger partial charge in [0.1, 0.15) is 6.54 Å². The van der Waals surface area contributed by atoms with Crippen LogP contribution in [-0.4, -0.2) is 53.1 Å². The van der Waals surface area contributed by atoms with E-state index >= 15 is 0 Å². The molecule has 10 heteroatoms. The van der Waals surface area contributed by atoms with Gasteiger partial charge in [0.05, 0.1) is 16.1 Å². The number of imide groups is 1. The molecule has 4 amide bonds. The Bertz CT molecular complexity index is 827. The highest BCUT2D eigenvalue weighted by molar-refractivity contribution is 6.22. The van der Waals surface area contributed by atoms with E-state index in [1.54, 1.807) is 20.8 Å². The minimum absolute atomic E-state index is 0.0239. The number of fused-ring (bicyclic) bond motifs is 1. The molecular formula is C17H20N4O6. The zero-order valence-electron chi connectivity index (χ0n) is 15.2. The number of non-ortho nitro benzene ring substituents is 1. The molecule has 0 fully saturated rings. The lowest BCUT2D eigenvalue weighted by Crippen LogP contribution is -2.44. The maximum absolute atomic E-state index is 12.3. The minimum atomic E-state index is -0.755. The highest BCUT2D eigenvalue weighted by Gasteiger charge is 2.37. The number of benzene rings is 1. The Balaban J connectivity index is 1.91. The topological polar surface area (TPSA) is 139 Å². The van der Waals surface area contributed by atoms with E-state index in [1.807, 2.05) is 0 Å². The van der Waals surface area contributed by atoms with Gasteiger partial charge in [0.2, 0.25) is 11.8 Å². The Morgan fingerprint density at radius 1 is 1.07 bits per heavy atom. The van der Waals surface area contributed by atoms with Crippen molar-refractivity contribution < 1.29 is 24.1 Å². The Morgan fingerprint density at radius 3 is 2.26 bits per heavy atom. The van der Waals surface area contributed by atoms with Crippen molar-refractivity contribution in [2.24, 2.45) is 5.41 Å². The smallest absolute Gasteiger partial charge is 0.270 e. The lowest BCUT2D eigenvalue weighted by atomic mass is 9.96. The second kappa shape index (κ2) is 7.52. The zero-order valence-corrected chi connectivity index (χ0v) is 15.2. The molecule has 1 heterocycles. The van der Waals surface area contributed by atoms with Crippen LogP contribution in [0.15, 0.2) is 18.2 Å². The number of nitrogens with one attached hydrogen (secondary N) is 2. The summed E-state index contributed by atoms with van der Waals surface area (Å²) in [5, 5.41) is 16.0. The van der Waals surface area contributed by atoms with Gasteiger partial charge in [-0.1, -0.05) is 20.8 Å². The number of nitro benzene ring substituents is 1. The molecule has 0 radical (unpaired) electrons. The summed E-state index contributed by atoms with van der Waals surface area (Å²) >= 11 is 0. The van der Waals surface area contributed by atoms with Gasteiger partial charge < -0.3 is 10.6 Å². The van der Waals surface area contributed by atoms with Crippen LogP contribution in [0, 0.1) is 15.5 Å². The first kappa shape index (κ1) is 20.0. The van der Waals surface area contributed by atoms with Crippen LogP contribution < -0.4 is 10.6 Å². The second-order valence-electron chi connectivity index (χ2n) is 7.04. The normalized spacial score (nSPS) is 13.4. The highest BCUT2D eigenvalue weighted by Crippen LogP contribution is 2.26. The van der Waals surface area contributed by atoms with Gasteiger partial charge >= 0.3 is 0 Å². The number of rotatable bonds is 6. The van der Waals surface area contributed by atoms with Gasteiger partial charge in [0, 0.05) is 30.6 Å². The van der Waals surface area contributed by atoms with Crippen LogP contribution in [0.3, 0.4) is 0 Å². The predicted octanol–water partition coefficient (Wildman–Crippen LogP) is 0.469. The van der Waals surface area contributed by atoms with Crippen LogP contribution >= 0.6 is 0 Å². The van der Waals surface area contributed by atoms with Gasteiger partial charge in [0.25, 0.3) is 17.5 Å². The van der Waals surface area contributed by atoms with E-state index < -0.39 is 34.6 Å². The van der Waals surface area contributed by atoms with E-state index in [0.29, 0.717) is 0 Å². The summed E-state index contributed by atoms with van der Waals surface area (Å²) in [7, 11) is 0. The number of carbonyl (C=O) groups excluding carboxylic acids is 4. The van der Waals surface area contributed by atoms with E-state index in [0.717, 1.165) is 17.0 Å². The van der Waals surface area contributed by atoms with Crippen molar-refractivity contribution in [3.63, 3.8) is 0 Å². The maximum Gasteiger partial charge on any atom is 0.270 e. The number of hydrogen-bond donors (Lipinski definition) is 2. The average molecular weight is 376 g/mol. The first-order valence-electron chi connectivity index (χ1n) is 8.22. The molecule has 0 bridgehead atoms. The van der Waals surface area contributed by atoms with Crippen molar-refractivity contribution in [2.45, 2.75) is 20.8 Å². The van der Waals surface area contributed by atoms with Crippen molar-refractivity contribution in [3.05, 3.63) is 39.4 Å². The van der Waals surface area contributed by atoms with E-state index in [9.17, 15) is 29.3 Å². The quantitative estimate of drug-likeness (QED) is 0.320. The Labute approximate surface area is 155 Å². The van der Waals surface area contributed by atoms with E-state index in [2.05, 4.69) is 10.6 Å². The van der Waals surface area contributed by atoms with Crippen molar-refractivity contribution in [2.75, 3.05) is 19.6 Å². The van der Waals surface area contributed by atoms with Gasteiger partial charge in [-0.15, -0.1) is 0 Å². The van der Waals surface area contributed by atoms with Crippen molar-refractivity contribution in [1.29, 1.82) is 0 Å². The number of carbonyl (C=O) groups is 4. The summed E-state index contributed by atoms with van der Waals surface area (Å²) in [6.07, 6.45) is 0. The monoisotopic (exact) mass is 376 g/mol. The van der Waals surface area contributed by atoms with E-state index in [1.165, 1.54) is 6.07 Å². The van der Waals surface area contributed by atoms with Crippen molar-refractivity contribution >= 4 is 29.3 Å². The zero-order chi connectivity index (χ0) is 20.4. The third-order valence-electron chi connectivity index (χ3n) is 3.88. The minimum Gasteiger partial charge on any atom is -0.354 e. The maximum atomic E-state index is 12.3. The van der Waals surface area contributed by atoms with Gasteiger partial charge in [0.15, 0.2) is 0 Å². The predicted molar refractivity (Wildman–Crippen MR) is 93.9 cm³/mol. The molecule has 0 aromatic heterocycles. The Morgan fingerprint density at radius 2 is 1.67 bits per heavy atom. The molecule has 0 unspecified atom stereocenters. The fourth-order valence-electron chi connectivity index (χ4n) is 2.38. The molecule has 10 nitrogen and oxygen atoms in total. The molecule has 2 rings (SSSR count). The van der Waals surface area contributed by atoms with Gasteiger partial charge in [-0.25, -0.2) is 0 Å². The highest BCUT2D eigenvalue weighted by atomic mass is 16.6. The van der Waals surface area contributed by atoms with Crippen LogP contribution in [0.1, 0.15) is 41.5 Å². The van der Waals surface area contributed by atoms with E-state index in [-0.39, 0.29) is 35.8 Å². The molecule has 0 saturated carbocycles. The molecular weight excluding hydrogens is 356 g/mol. The molecule has 1 aliphatic heterocycles. The Hall–Kier alpha value is -3.30. The lowest BCUT2D eigenvalue weighted by molar-refractivity contribution is -0.384. The fraction of sp³-hybridized carbons (Fsp3) is 0.412. The average Bonchev–Trinajstić information content (AvgIpc) is 2.82. The van der Waals surface area contributed by atoms with Crippen molar-refractivity contribution in [3.8, 4) is 0 Å². The number of nitrogens with zero attached hydrogens (tertiary/aromatic N) is 2. The molecule has 1 aromatic rings. The third-order valence-corrected chi connectivity index (χ3v) is 3.88. The lowest BCUT2D eigenvalue weighted by Gasteiger charge is -2.18. The summed E-state index contributed by atoms with van der Waals surface area (Å²) in [6.45, 7) is 5.10. The SMILES string of the molecule is CC(C)(C)C(=O)NCCNC(=O)CN1C(=O)c2ccc([N+](=O)[O-])cc2C1=O. The van der Waals surface area contributed by atoms with Crippen LogP contribution in [0.5, 0.6) is 0 Å². The number of hydrogen-bond acceptors (Lipinski definition) is 6. The molecule has 0 spiro atoms.